The van der Waals surface area contributed by atoms with Gasteiger partial charge in [0.05, 0.1) is 26.2 Å². The number of alkyl halides is 3. The van der Waals surface area contributed by atoms with E-state index < -0.39 is 96.8 Å². The minimum Gasteiger partial charge on any atom is -0.481 e. The topological polar surface area (TPSA) is 418 Å². The smallest absolute Gasteiger partial charge is 0.481 e. The molecule has 1 aromatic heterocycles. The molecule has 0 spiro atoms. The summed E-state index contributed by atoms with van der Waals surface area (Å²) < 4.78 is 32.7. The van der Waals surface area contributed by atoms with Gasteiger partial charge in [-0.25, -0.2) is 19.2 Å². The van der Waals surface area contributed by atoms with Crippen molar-refractivity contribution in [1.82, 2.24) is 51.2 Å². The highest BCUT2D eigenvalue weighted by Crippen LogP contribution is 2.29. The fourth-order valence-electron chi connectivity index (χ4n) is 8.92. The van der Waals surface area contributed by atoms with Gasteiger partial charge in [0.25, 0.3) is 0 Å². The molecule has 81 heavy (non-hydrogen) atoms. The number of carbonyl (C=O) groups excluding carboxylic acids is 4. The van der Waals surface area contributed by atoms with Crippen molar-refractivity contribution in [3.8, 4) is 0 Å². The third-order valence-electron chi connectivity index (χ3n) is 13.3. The molecule has 0 bridgehead atoms. The Bertz CT molecular complexity index is 2470. The minimum absolute atomic E-state index is 0.0299. The molecule has 4 rings (SSSR count). The molecule has 1 saturated heterocycles. The van der Waals surface area contributed by atoms with Gasteiger partial charge in [0.1, 0.15) is 18.1 Å². The van der Waals surface area contributed by atoms with Crippen molar-refractivity contribution in [2.75, 3.05) is 91.6 Å². The van der Waals surface area contributed by atoms with Crippen molar-refractivity contribution < 1.29 is 102 Å². The van der Waals surface area contributed by atoms with Crippen molar-refractivity contribution in [1.29, 1.82) is 0 Å². The summed E-state index contributed by atoms with van der Waals surface area (Å²) in [5.41, 5.74) is 1.65. The lowest BCUT2D eigenvalue weighted by Crippen LogP contribution is -2.51. The average molecular weight is 1270 g/mol. The Labute approximate surface area is 475 Å². The SMILES string of the molecule is O=C(O)C(F)(F)F.O=C(O)CC[C@H](NC(=O)N[C@@H](CCCCNC(=O)[C@@H](Cc1c[nH]c2ccc(I)cc12)NC(=O)C1CCC(CNC(=O)CN2CCN(CC(=O)O)CCN(CC(=O)O)CCN(CC(=O)O)CC2)CC1)C(=O)O)C(=O)O. The van der Waals surface area contributed by atoms with Crippen LogP contribution >= 0.6 is 22.6 Å². The summed E-state index contributed by atoms with van der Waals surface area (Å²) in [4.78, 5) is 141. The first kappa shape index (κ1) is 68.4. The van der Waals surface area contributed by atoms with Gasteiger partial charge in [-0.05, 0) is 104 Å². The summed E-state index contributed by atoms with van der Waals surface area (Å²) in [5, 5.41) is 77.4. The lowest BCUT2D eigenvalue weighted by molar-refractivity contribution is -0.192. The van der Waals surface area contributed by atoms with Gasteiger partial charge < -0.3 is 67.3 Å². The second kappa shape index (κ2) is 34.4. The van der Waals surface area contributed by atoms with E-state index >= 15 is 0 Å². The highest BCUT2D eigenvalue weighted by atomic mass is 127. The van der Waals surface area contributed by atoms with Gasteiger partial charge in [-0.15, -0.1) is 0 Å². The molecule has 2 heterocycles. The summed E-state index contributed by atoms with van der Waals surface area (Å²) in [5.74, 6) is -11.4. The Morgan fingerprint density at radius 1 is 0.617 bits per heavy atom. The molecule has 0 unspecified atom stereocenters. The Balaban J connectivity index is 0.00000230. The number of amides is 5. The quantitative estimate of drug-likeness (QED) is 0.0419. The number of carbonyl (C=O) groups is 11. The third-order valence-corrected chi connectivity index (χ3v) is 14.0. The van der Waals surface area contributed by atoms with E-state index in [9.17, 15) is 86.6 Å². The largest absolute Gasteiger partial charge is 0.490 e. The number of benzene rings is 1. The summed E-state index contributed by atoms with van der Waals surface area (Å²) in [6.07, 6.45) is -1.43. The molecular formula is C49H70F3IN10O18. The zero-order valence-corrected chi connectivity index (χ0v) is 46.2. The van der Waals surface area contributed by atoms with Crippen LogP contribution in [0.4, 0.5) is 18.0 Å². The highest BCUT2D eigenvalue weighted by molar-refractivity contribution is 14.1. The molecule has 5 amide bonds. The first-order chi connectivity index (χ1) is 38.1. The number of fused-ring (bicyclic) bond motifs is 1. The number of carboxylic acid groups (broad SMARTS) is 7. The summed E-state index contributed by atoms with van der Waals surface area (Å²) in [7, 11) is 0. The maximum absolute atomic E-state index is 13.9. The van der Waals surface area contributed by atoms with Gasteiger partial charge in [-0.1, -0.05) is 0 Å². The van der Waals surface area contributed by atoms with Crippen LogP contribution in [0.25, 0.3) is 10.9 Å². The number of unbranched alkanes of at least 4 members (excludes halogenated alkanes) is 1. The summed E-state index contributed by atoms with van der Waals surface area (Å²) >= 11 is 2.19. The van der Waals surface area contributed by atoms with Gasteiger partial charge in [0, 0.05) is 105 Å². The number of carboxylic acids is 7. The van der Waals surface area contributed by atoms with Crippen LogP contribution < -0.4 is 26.6 Å². The van der Waals surface area contributed by atoms with E-state index in [1.54, 1.807) is 20.9 Å². The van der Waals surface area contributed by atoms with Crippen LogP contribution in [0, 0.1) is 15.4 Å². The molecule has 1 aromatic carbocycles. The van der Waals surface area contributed by atoms with E-state index in [2.05, 4.69) is 54.2 Å². The molecule has 3 atom stereocenters. The number of aromatic nitrogens is 1. The molecule has 452 valence electrons. The van der Waals surface area contributed by atoms with Crippen LogP contribution in [0.5, 0.6) is 0 Å². The standard InChI is InChI=1S/C47H69IN10O16.C2HF3O2/c48-32-8-9-34-33(22-32)31(24-50-34)21-37(44(69)49-12-2-1-3-35(45(70)71)53-47(74)54-36(46(72)73)10-11-39(60)61)52-43(68)30-6-4-29(5-7-30)23-51-38(59)25-55-13-15-56(26-40(62)63)17-19-58(28-42(66)67)20-18-57(16-14-55)27-41(64)65;3-2(4,5)1(6)7/h8-9,22,24,29-30,35-37,50H,1-7,10-21,23,25-28H2,(H,49,69)(H,51,59)(H,52,68)(H,60,61)(H,62,63)(H,64,65)(H,66,67)(H,70,71)(H,72,73)(H2,53,54,74);(H,6,7)/t29?,30?,35-,36-,37+;/m0./s1. The molecular weight excluding hydrogens is 1200 g/mol. The maximum atomic E-state index is 13.9. The molecule has 1 aliphatic heterocycles. The van der Waals surface area contributed by atoms with Gasteiger partial charge in [-0.2, -0.15) is 13.2 Å². The Kier molecular flexibility index (Phi) is 29.0. The highest BCUT2D eigenvalue weighted by Gasteiger charge is 2.38. The predicted molar refractivity (Wildman–Crippen MR) is 286 cm³/mol. The van der Waals surface area contributed by atoms with Crippen LogP contribution in [-0.2, 0) is 54.4 Å². The Hall–Kier alpha value is -6.91. The van der Waals surface area contributed by atoms with E-state index in [1.807, 2.05) is 23.1 Å². The van der Waals surface area contributed by atoms with E-state index in [0.29, 0.717) is 45.3 Å². The third kappa shape index (κ3) is 26.9. The molecule has 28 nitrogen and oxygen atoms in total. The lowest BCUT2D eigenvalue weighted by Gasteiger charge is -2.33. The van der Waals surface area contributed by atoms with Gasteiger partial charge in [0.2, 0.25) is 17.7 Å². The zero-order chi connectivity index (χ0) is 60.4. The van der Waals surface area contributed by atoms with E-state index in [0.717, 1.165) is 20.0 Å². The number of nitrogens with one attached hydrogen (secondary N) is 6. The van der Waals surface area contributed by atoms with Crippen molar-refractivity contribution in [3.05, 3.63) is 33.5 Å². The second-order valence-corrected chi connectivity index (χ2v) is 20.7. The van der Waals surface area contributed by atoms with Gasteiger partial charge >= 0.3 is 54.0 Å². The first-order valence-electron chi connectivity index (χ1n) is 25.8. The number of hydrogen-bond donors (Lipinski definition) is 13. The number of rotatable bonds is 27. The molecule has 1 aliphatic carbocycles. The number of aliphatic carboxylic acids is 7. The molecule has 32 heteroatoms. The predicted octanol–water partition coefficient (Wildman–Crippen LogP) is 0.188. The zero-order valence-electron chi connectivity index (χ0n) is 44.1. The van der Waals surface area contributed by atoms with E-state index in [1.165, 1.54) is 0 Å². The maximum Gasteiger partial charge on any atom is 0.490 e. The average Bonchev–Trinajstić information content (AvgIpc) is 3.88. The number of urea groups is 1. The summed E-state index contributed by atoms with van der Waals surface area (Å²) in [6, 6.07) is 0.770. The fraction of sp³-hybridized carbons (Fsp3) is 0.612. The van der Waals surface area contributed by atoms with Crippen LogP contribution in [0.15, 0.2) is 24.4 Å². The second-order valence-electron chi connectivity index (χ2n) is 19.5. The van der Waals surface area contributed by atoms with Crippen LogP contribution in [0.2, 0.25) is 0 Å². The van der Waals surface area contributed by atoms with Crippen molar-refractivity contribution >= 4 is 99.0 Å². The normalized spacial score (nSPS) is 18.2. The van der Waals surface area contributed by atoms with Gasteiger partial charge in [0.15, 0.2) is 0 Å². The molecule has 1 saturated carbocycles. The number of nitrogens with zero attached hydrogens (tertiary/aromatic N) is 4. The molecule has 2 aromatic rings. The number of H-pyrrole nitrogens is 1. The van der Waals surface area contributed by atoms with Crippen LogP contribution in [0.1, 0.15) is 63.4 Å². The van der Waals surface area contributed by atoms with Crippen molar-refractivity contribution in [2.24, 2.45) is 11.8 Å². The van der Waals surface area contributed by atoms with Crippen LogP contribution in [-0.4, -0.2) is 242 Å². The number of aromatic amines is 1. The van der Waals surface area contributed by atoms with Crippen molar-refractivity contribution in [3.63, 3.8) is 0 Å². The fourth-order valence-corrected chi connectivity index (χ4v) is 9.41. The summed E-state index contributed by atoms with van der Waals surface area (Å²) in [6.45, 7) is 1.71. The first-order valence-corrected chi connectivity index (χ1v) is 26.9. The van der Waals surface area contributed by atoms with Crippen molar-refractivity contribution in [2.45, 2.75) is 88.5 Å². The monoisotopic (exact) mass is 1270 g/mol. The Morgan fingerprint density at radius 3 is 1.56 bits per heavy atom. The molecule has 2 fully saturated rings. The molecule has 2 aliphatic rings. The van der Waals surface area contributed by atoms with E-state index in [4.69, 9.17) is 15.0 Å². The van der Waals surface area contributed by atoms with Gasteiger partial charge in [-0.3, -0.25) is 53.2 Å². The lowest BCUT2D eigenvalue weighted by atomic mass is 9.81. The van der Waals surface area contributed by atoms with E-state index in [-0.39, 0.29) is 115 Å². The minimum atomic E-state index is -5.08. The number of halogens is 4. The molecule has 13 N–H and O–H groups in total. The Morgan fingerprint density at radius 2 is 1.10 bits per heavy atom. The molecule has 0 radical (unpaired) electrons. The number of hydrogen-bond acceptors (Lipinski definition) is 15. The van der Waals surface area contributed by atoms with Crippen LogP contribution in [0.3, 0.4) is 0 Å².